The second-order valence-corrected chi connectivity index (χ2v) is 3.75. The van der Waals surface area contributed by atoms with E-state index in [1.165, 1.54) is 0 Å². The SMILES string of the molecule is O=C1N[C@H]2C=Cc3cc(F)c(F)cc3[C@H]2O1. The Kier molecular flexibility index (Phi) is 1.77. The van der Waals surface area contributed by atoms with Crippen LogP contribution in [0.3, 0.4) is 0 Å². The van der Waals surface area contributed by atoms with E-state index in [1.807, 2.05) is 0 Å². The maximum atomic E-state index is 13.1. The number of hydrogen-bond acceptors (Lipinski definition) is 2. The number of ether oxygens (including phenoxy) is 1. The van der Waals surface area contributed by atoms with Gasteiger partial charge in [0, 0.05) is 5.56 Å². The summed E-state index contributed by atoms with van der Waals surface area (Å²) in [6.07, 6.45) is 2.24. The lowest BCUT2D eigenvalue weighted by atomic mass is 9.92. The standard InChI is InChI=1S/C11H7F2NO2/c12-7-3-5-1-2-9-10(16-11(15)14-9)6(5)4-8(7)13/h1-4,9-10H,(H,14,15)/t9-,10+/m0/s1. The number of amides is 1. The van der Waals surface area contributed by atoms with Crippen LogP contribution in [0, 0.1) is 11.6 Å². The van der Waals surface area contributed by atoms with Crippen LogP contribution in [0.2, 0.25) is 0 Å². The molecule has 1 aliphatic carbocycles. The van der Waals surface area contributed by atoms with Gasteiger partial charge in [-0.1, -0.05) is 12.2 Å². The molecule has 1 fully saturated rings. The van der Waals surface area contributed by atoms with Gasteiger partial charge in [0.1, 0.15) is 0 Å². The third-order valence-electron chi connectivity index (χ3n) is 2.76. The highest BCUT2D eigenvalue weighted by Crippen LogP contribution is 2.35. The van der Waals surface area contributed by atoms with Crippen LogP contribution in [0.15, 0.2) is 18.2 Å². The van der Waals surface area contributed by atoms with Crippen LogP contribution < -0.4 is 5.32 Å². The second kappa shape index (κ2) is 3.04. The van der Waals surface area contributed by atoms with E-state index >= 15 is 0 Å². The highest BCUT2D eigenvalue weighted by molar-refractivity contribution is 5.74. The van der Waals surface area contributed by atoms with Crippen molar-refractivity contribution in [2.45, 2.75) is 12.1 Å². The summed E-state index contributed by atoms with van der Waals surface area (Å²) in [5.74, 6) is -1.84. The van der Waals surface area contributed by atoms with Crippen LogP contribution in [0.4, 0.5) is 13.6 Å². The van der Waals surface area contributed by atoms with Gasteiger partial charge in [0.25, 0.3) is 0 Å². The van der Waals surface area contributed by atoms with Crippen LogP contribution >= 0.6 is 0 Å². The maximum absolute atomic E-state index is 13.1. The second-order valence-electron chi connectivity index (χ2n) is 3.75. The summed E-state index contributed by atoms with van der Waals surface area (Å²) in [6.45, 7) is 0. The van der Waals surface area contributed by atoms with Gasteiger partial charge >= 0.3 is 6.09 Å². The molecule has 5 heteroatoms. The first kappa shape index (κ1) is 9.33. The Morgan fingerprint density at radius 1 is 1.25 bits per heavy atom. The molecular weight excluding hydrogens is 216 g/mol. The Morgan fingerprint density at radius 2 is 2.00 bits per heavy atom. The Balaban J connectivity index is 2.14. The van der Waals surface area contributed by atoms with Crippen LogP contribution in [0.25, 0.3) is 6.08 Å². The molecule has 1 amide bonds. The van der Waals surface area contributed by atoms with Gasteiger partial charge in [-0.2, -0.15) is 0 Å². The minimum absolute atomic E-state index is 0.301. The Hall–Kier alpha value is -1.91. The molecule has 3 rings (SSSR count). The maximum Gasteiger partial charge on any atom is 0.408 e. The zero-order valence-electron chi connectivity index (χ0n) is 8.04. The number of carbonyl (C=O) groups is 1. The van der Waals surface area contributed by atoms with Crippen molar-refractivity contribution < 1.29 is 18.3 Å². The highest BCUT2D eigenvalue weighted by Gasteiger charge is 2.37. The summed E-state index contributed by atoms with van der Waals surface area (Å²) in [4.78, 5) is 11.0. The van der Waals surface area contributed by atoms with Crippen molar-refractivity contribution in [1.29, 1.82) is 0 Å². The van der Waals surface area contributed by atoms with Crippen LogP contribution in [-0.4, -0.2) is 12.1 Å². The van der Waals surface area contributed by atoms with Crippen molar-refractivity contribution in [3.8, 4) is 0 Å². The van der Waals surface area contributed by atoms with Gasteiger partial charge in [-0.05, 0) is 17.7 Å². The van der Waals surface area contributed by atoms with Crippen molar-refractivity contribution in [2.75, 3.05) is 0 Å². The zero-order chi connectivity index (χ0) is 11.3. The predicted molar refractivity (Wildman–Crippen MR) is 51.5 cm³/mol. The van der Waals surface area contributed by atoms with E-state index < -0.39 is 23.8 Å². The third-order valence-corrected chi connectivity index (χ3v) is 2.76. The van der Waals surface area contributed by atoms with Crippen LogP contribution in [0.5, 0.6) is 0 Å². The Morgan fingerprint density at radius 3 is 2.81 bits per heavy atom. The van der Waals surface area contributed by atoms with Gasteiger partial charge in [-0.3, -0.25) is 0 Å². The molecule has 2 aliphatic rings. The number of carbonyl (C=O) groups excluding carboxylic acids is 1. The molecule has 1 aromatic rings. The number of halogens is 2. The smallest absolute Gasteiger partial charge is 0.408 e. The van der Waals surface area contributed by atoms with Crippen LogP contribution in [-0.2, 0) is 4.74 Å². The summed E-state index contributed by atoms with van der Waals surface area (Å²) >= 11 is 0. The number of nitrogens with one attached hydrogen (secondary N) is 1. The fourth-order valence-corrected chi connectivity index (χ4v) is 2.02. The molecule has 16 heavy (non-hydrogen) atoms. The molecule has 0 spiro atoms. The van der Waals surface area contributed by atoms with Gasteiger partial charge in [0.15, 0.2) is 17.7 Å². The minimum Gasteiger partial charge on any atom is -0.439 e. The van der Waals surface area contributed by atoms with Crippen molar-refractivity contribution in [2.24, 2.45) is 0 Å². The number of fused-ring (bicyclic) bond motifs is 3. The molecule has 0 radical (unpaired) electrons. The minimum atomic E-state index is -0.934. The number of alkyl carbamates (subject to hydrolysis) is 1. The molecule has 3 nitrogen and oxygen atoms in total. The molecule has 82 valence electrons. The first-order valence-corrected chi connectivity index (χ1v) is 4.79. The van der Waals surface area contributed by atoms with Crippen molar-refractivity contribution in [3.05, 3.63) is 41.0 Å². The fraction of sp³-hybridized carbons (Fsp3) is 0.182. The molecule has 2 atom stereocenters. The van der Waals surface area contributed by atoms with Gasteiger partial charge in [0.05, 0.1) is 6.04 Å². The van der Waals surface area contributed by atoms with Crippen LogP contribution in [0.1, 0.15) is 17.2 Å². The summed E-state index contributed by atoms with van der Waals surface area (Å²) in [6, 6.07) is 1.88. The number of benzene rings is 1. The van der Waals surface area contributed by atoms with Gasteiger partial charge in [-0.15, -0.1) is 0 Å². The lowest BCUT2D eigenvalue weighted by Gasteiger charge is -2.20. The van der Waals surface area contributed by atoms with Gasteiger partial charge in [-0.25, -0.2) is 13.6 Å². The third kappa shape index (κ3) is 1.21. The topological polar surface area (TPSA) is 38.3 Å². The lowest BCUT2D eigenvalue weighted by molar-refractivity contribution is 0.135. The zero-order valence-corrected chi connectivity index (χ0v) is 8.04. The molecule has 0 unspecified atom stereocenters. The van der Waals surface area contributed by atoms with Gasteiger partial charge < -0.3 is 10.1 Å². The van der Waals surface area contributed by atoms with E-state index in [-0.39, 0.29) is 6.04 Å². The molecular formula is C11H7F2NO2. The van der Waals surface area contributed by atoms with E-state index in [0.29, 0.717) is 11.1 Å². The predicted octanol–water partition coefficient (Wildman–Crippen LogP) is 2.14. The number of hydrogen-bond donors (Lipinski definition) is 1. The average Bonchev–Trinajstić information content (AvgIpc) is 2.61. The molecule has 1 aliphatic heterocycles. The fourth-order valence-electron chi connectivity index (χ4n) is 2.02. The Labute approximate surface area is 89.7 Å². The van der Waals surface area contributed by atoms with E-state index in [0.717, 1.165) is 12.1 Å². The first-order chi connectivity index (χ1) is 7.65. The molecule has 0 saturated carbocycles. The largest absolute Gasteiger partial charge is 0.439 e. The quantitative estimate of drug-likeness (QED) is 0.731. The summed E-state index contributed by atoms with van der Waals surface area (Å²) in [5.41, 5.74) is 1.03. The summed E-state index contributed by atoms with van der Waals surface area (Å²) in [7, 11) is 0. The molecule has 1 N–H and O–H groups in total. The van der Waals surface area contributed by atoms with E-state index in [4.69, 9.17) is 4.74 Å². The molecule has 1 aromatic carbocycles. The molecule has 1 heterocycles. The average molecular weight is 223 g/mol. The monoisotopic (exact) mass is 223 g/mol. The van der Waals surface area contributed by atoms with Gasteiger partial charge in [0.2, 0.25) is 0 Å². The van der Waals surface area contributed by atoms with E-state index in [9.17, 15) is 13.6 Å². The summed E-state index contributed by atoms with van der Waals surface area (Å²) in [5, 5.41) is 2.57. The van der Waals surface area contributed by atoms with E-state index in [2.05, 4.69) is 5.32 Å². The molecule has 1 saturated heterocycles. The number of rotatable bonds is 0. The highest BCUT2D eigenvalue weighted by atomic mass is 19.2. The van der Waals surface area contributed by atoms with Crippen molar-refractivity contribution in [3.63, 3.8) is 0 Å². The lowest BCUT2D eigenvalue weighted by Crippen LogP contribution is -2.27. The normalized spacial score (nSPS) is 25.8. The van der Waals surface area contributed by atoms with Crippen molar-refractivity contribution in [1.82, 2.24) is 5.32 Å². The Bertz CT molecular complexity index is 513. The molecule has 0 bridgehead atoms. The van der Waals surface area contributed by atoms with E-state index in [1.54, 1.807) is 12.2 Å². The van der Waals surface area contributed by atoms with Crippen molar-refractivity contribution >= 4 is 12.2 Å². The molecule has 0 aromatic heterocycles. The first-order valence-electron chi connectivity index (χ1n) is 4.79. The summed E-state index contributed by atoms with van der Waals surface area (Å²) < 4.78 is 31.1.